The summed E-state index contributed by atoms with van der Waals surface area (Å²) in [5.74, 6) is -0.267. The van der Waals surface area contributed by atoms with Gasteiger partial charge in [-0.1, -0.05) is 6.07 Å². The summed E-state index contributed by atoms with van der Waals surface area (Å²) in [6.45, 7) is 1.91. The van der Waals surface area contributed by atoms with Crippen LogP contribution in [0.5, 0.6) is 11.5 Å². The van der Waals surface area contributed by atoms with Crippen LogP contribution in [0, 0.1) is 12.7 Å². The molecule has 2 rings (SSSR count). The van der Waals surface area contributed by atoms with E-state index in [1.54, 1.807) is 12.1 Å². The minimum absolute atomic E-state index is 0.109. The van der Waals surface area contributed by atoms with Crippen molar-refractivity contribution >= 4 is 5.78 Å². The third-order valence-electron chi connectivity index (χ3n) is 3.02. The first-order chi connectivity index (χ1) is 9.56. The fraction of sp³-hybridized carbons (Fsp3) is 0.188. The van der Waals surface area contributed by atoms with Gasteiger partial charge in [0.15, 0.2) is 17.3 Å². The molecule has 3 nitrogen and oxygen atoms in total. The lowest BCUT2D eigenvalue weighted by atomic mass is 10.0. The van der Waals surface area contributed by atoms with Crippen molar-refractivity contribution in [3.63, 3.8) is 0 Å². The molecular formula is C16H15FO3. The van der Waals surface area contributed by atoms with E-state index in [1.165, 1.54) is 32.4 Å². The van der Waals surface area contributed by atoms with E-state index in [1.807, 2.05) is 13.0 Å². The Balaban J connectivity index is 2.43. The number of rotatable bonds is 4. The topological polar surface area (TPSA) is 35.5 Å². The van der Waals surface area contributed by atoms with Crippen molar-refractivity contribution in [2.45, 2.75) is 6.92 Å². The highest BCUT2D eigenvalue weighted by atomic mass is 19.1. The van der Waals surface area contributed by atoms with Gasteiger partial charge in [-0.3, -0.25) is 4.79 Å². The van der Waals surface area contributed by atoms with Crippen molar-refractivity contribution in [1.82, 2.24) is 0 Å². The summed E-state index contributed by atoms with van der Waals surface area (Å²) >= 11 is 0. The Hall–Kier alpha value is -2.36. The second-order valence-corrected chi connectivity index (χ2v) is 4.38. The van der Waals surface area contributed by atoms with Crippen LogP contribution in [-0.4, -0.2) is 20.0 Å². The maximum Gasteiger partial charge on any atom is 0.196 e. The summed E-state index contributed by atoms with van der Waals surface area (Å²) in [6, 6.07) is 9.40. The third-order valence-corrected chi connectivity index (χ3v) is 3.02. The summed E-state index contributed by atoms with van der Waals surface area (Å²) in [4.78, 5) is 12.4. The molecular weight excluding hydrogens is 259 g/mol. The maximum atomic E-state index is 13.7. The van der Waals surface area contributed by atoms with Crippen molar-refractivity contribution in [2.75, 3.05) is 14.2 Å². The molecule has 0 amide bonds. The van der Waals surface area contributed by atoms with E-state index in [0.717, 1.165) is 5.56 Å². The Labute approximate surface area is 117 Å². The minimum Gasteiger partial charge on any atom is -0.496 e. The molecule has 0 aliphatic rings. The van der Waals surface area contributed by atoms with Crippen LogP contribution in [0.2, 0.25) is 0 Å². The average Bonchev–Trinajstić information content (AvgIpc) is 2.46. The monoisotopic (exact) mass is 274 g/mol. The first-order valence-corrected chi connectivity index (χ1v) is 6.09. The molecule has 4 heteroatoms. The highest BCUT2D eigenvalue weighted by Gasteiger charge is 2.16. The largest absolute Gasteiger partial charge is 0.496 e. The minimum atomic E-state index is -0.565. The zero-order valence-corrected chi connectivity index (χ0v) is 11.6. The SMILES string of the molecule is COc1ccc(C(=O)c2ccc(C)cc2OC)cc1F. The first-order valence-electron chi connectivity index (χ1n) is 6.09. The van der Waals surface area contributed by atoms with Gasteiger partial charge < -0.3 is 9.47 Å². The van der Waals surface area contributed by atoms with Crippen molar-refractivity contribution in [3.8, 4) is 11.5 Å². The van der Waals surface area contributed by atoms with E-state index in [2.05, 4.69) is 0 Å². The molecule has 0 saturated carbocycles. The van der Waals surface area contributed by atoms with E-state index in [4.69, 9.17) is 9.47 Å². The molecule has 0 heterocycles. The van der Waals surface area contributed by atoms with Gasteiger partial charge in [0.1, 0.15) is 5.75 Å². The number of carbonyl (C=O) groups excluding carboxylic acids is 1. The van der Waals surface area contributed by atoms with Crippen LogP contribution in [0.15, 0.2) is 36.4 Å². The lowest BCUT2D eigenvalue weighted by Crippen LogP contribution is -2.05. The quantitative estimate of drug-likeness (QED) is 0.802. The number of ketones is 1. The molecule has 2 aromatic rings. The fourth-order valence-electron chi connectivity index (χ4n) is 1.95. The molecule has 0 atom stereocenters. The van der Waals surface area contributed by atoms with Gasteiger partial charge in [0.05, 0.1) is 19.8 Å². The number of carbonyl (C=O) groups is 1. The van der Waals surface area contributed by atoms with Crippen molar-refractivity contribution in [2.24, 2.45) is 0 Å². The molecule has 0 saturated heterocycles. The lowest BCUT2D eigenvalue weighted by Gasteiger charge is -2.09. The predicted octanol–water partition coefficient (Wildman–Crippen LogP) is 3.38. The summed E-state index contributed by atoms with van der Waals surface area (Å²) in [6.07, 6.45) is 0. The molecule has 0 aliphatic heterocycles. The van der Waals surface area contributed by atoms with Crippen LogP contribution in [0.1, 0.15) is 21.5 Å². The number of hydrogen-bond acceptors (Lipinski definition) is 3. The maximum absolute atomic E-state index is 13.7. The summed E-state index contributed by atoms with van der Waals surface area (Å²) in [5, 5.41) is 0. The summed E-state index contributed by atoms with van der Waals surface area (Å²) in [7, 11) is 2.88. The summed E-state index contributed by atoms with van der Waals surface area (Å²) in [5.41, 5.74) is 1.65. The zero-order valence-electron chi connectivity index (χ0n) is 11.6. The molecule has 2 aromatic carbocycles. The van der Waals surface area contributed by atoms with Gasteiger partial charge in [0.2, 0.25) is 0 Å². The standard InChI is InChI=1S/C16H15FO3/c1-10-4-6-12(15(8-10)20-3)16(18)11-5-7-14(19-2)13(17)9-11/h4-9H,1-3H3. The number of halogens is 1. The van der Waals surface area contributed by atoms with Crippen LogP contribution < -0.4 is 9.47 Å². The molecule has 0 radical (unpaired) electrons. The van der Waals surface area contributed by atoms with Crippen molar-refractivity contribution in [1.29, 1.82) is 0 Å². The van der Waals surface area contributed by atoms with Gasteiger partial charge in [-0.05, 0) is 42.8 Å². The molecule has 0 spiro atoms. The van der Waals surface area contributed by atoms with E-state index in [0.29, 0.717) is 11.3 Å². The number of benzene rings is 2. The Bertz CT molecular complexity index is 650. The number of aryl methyl sites for hydroxylation is 1. The van der Waals surface area contributed by atoms with Crippen LogP contribution in [0.3, 0.4) is 0 Å². The third kappa shape index (κ3) is 2.64. The number of methoxy groups -OCH3 is 2. The molecule has 0 aliphatic carbocycles. The van der Waals surface area contributed by atoms with E-state index < -0.39 is 5.82 Å². The number of ether oxygens (including phenoxy) is 2. The fourth-order valence-corrected chi connectivity index (χ4v) is 1.95. The van der Waals surface area contributed by atoms with Crippen LogP contribution >= 0.6 is 0 Å². The zero-order chi connectivity index (χ0) is 14.7. The Morgan fingerprint density at radius 2 is 1.70 bits per heavy atom. The second kappa shape index (κ2) is 5.74. The average molecular weight is 274 g/mol. The van der Waals surface area contributed by atoms with Crippen LogP contribution in [0.25, 0.3) is 0 Å². The molecule has 104 valence electrons. The van der Waals surface area contributed by atoms with Gasteiger partial charge in [-0.25, -0.2) is 4.39 Å². The highest BCUT2D eigenvalue weighted by Crippen LogP contribution is 2.25. The molecule has 20 heavy (non-hydrogen) atoms. The lowest BCUT2D eigenvalue weighted by molar-refractivity contribution is 0.103. The van der Waals surface area contributed by atoms with Gasteiger partial charge in [-0.15, -0.1) is 0 Å². The number of hydrogen-bond donors (Lipinski definition) is 0. The molecule has 0 bridgehead atoms. The van der Waals surface area contributed by atoms with Crippen LogP contribution in [-0.2, 0) is 0 Å². The van der Waals surface area contributed by atoms with Gasteiger partial charge in [0.25, 0.3) is 0 Å². The first kappa shape index (κ1) is 14.1. The molecule has 0 unspecified atom stereocenters. The van der Waals surface area contributed by atoms with E-state index in [-0.39, 0.29) is 17.1 Å². The van der Waals surface area contributed by atoms with Gasteiger partial charge >= 0.3 is 0 Å². The van der Waals surface area contributed by atoms with Crippen molar-refractivity contribution in [3.05, 3.63) is 58.9 Å². The molecule has 0 fully saturated rings. The summed E-state index contributed by atoms with van der Waals surface area (Å²) < 4.78 is 23.7. The smallest absolute Gasteiger partial charge is 0.196 e. The highest BCUT2D eigenvalue weighted by molar-refractivity contribution is 6.10. The molecule has 0 aromatic heterocycles. The van der Waals surface area contributed by atoms with Gasteiger partial charge in [0, 0.05) is 5.56 Å². The second-order valence-electron chi connectivity index (χ2n) is 4.38. The predicted molar refractivity (Wildman–Crippen MR) is 74.1 cm³/mol. The molecule has 0 N–H and O–H groups in total. The Morgan fingerprint density at radius 1 is 1.00 bits per heavy atom. The van der Waals surface area contributed by atoms with Crippen molar-refractivity contribution < 1.29 is 18.7 Å². The normalized spacial score (nSPS) is 10.2. The Kier molecular flexibility index (Phi) is 4.03. The Morgan fingerprint density at radius 3 is 2.30 bits per heavy atom. The van der Waals surface area contributed by atoms with Gasteiger partial charge in [-0.2, -0.15) is 0 Å². The van der Waals surface area contributed by atoms with Crippen LogP contribution in [0.4, 0.5) is 4.39 Å². The van der Waals surface area contributed by atoms with E-state index >= 15 is 0 Å². The van der Waals surface area contributed by atoms with E-state index in [9.17, 15) is 9.18 Å².